The zero-order valence-corrected chi connectivity index (χ0v) is 10.6. The Hall–Kier alpha value is -2.22. The Kier molecular flexibility index (Phi) is 4.08. The van der Waals surface area contributed by atoms with Crippen LogP contribution in [0.3, 0.4) is 0 Å². The molecule has 1 aromatic heterocycles. The molecule has 3 nitrogen and oxygen atoms in total. The molecule has 0 spiro atoms. The molecule has 0 saturated carbocycles. The number of benzene rings is 1. The summed E-state index contributed by atoms with van der Waals surface area (Å²) < 4.78 is 71.9. The summed E-state index contributed by atoms with van der Waals surface area (Å²) in [6.07, 6.45) is 2.02. The van der Waals surface area contributed by atoms with E-state index in [1.54, 1.807) is 0 Å². The van der Waals surface area contributed by atoms with Gasteiger partial charge in [-0.05, 0) is 0 Å². The van der Waals surface area contributed by atoms with E-state index >= 15 is 0 Å². The maximum atomic E-state index is 13.8. The lowest BCUT2D eigenvalue weighted by atomic mass is 10.00. The first kappa shape index (κ1) is 15.2. The summed E-state index contributed by atoms with van der Waals surface area (Å²) in [4.78, 5) is 3.60. The molecule has 21 heavy (non-hydrogen) atoms. The Morgan fingerprint density at radius 3 is 1.95 bits per heavy atom. The van der Waals surface area contributed by atoms with Gasteiger partial charge in [-0.25, -0.2) is 22.0 Å². The third kappa shape index (κ3) is 2.31. The topological polar surface area (TPSA) is 42.4 Å². The largest absolute Gasteiger partial charge is 0.495 e. The third-order valence-corrected chi connectivity index (χ3v) is 2.88. The summed E-state index contributed by atoms with van der Waals surface area (Å²) in [5, 5.41) is 9.25. The zero-order valence-electron chi connectivity index (χ0n) is 10.6. The first-order chi connectivity index (χ1) is 9.93. The highest BCUT2D eigenvalue weighted by Crippen LogP contribution is 2.36. The second-order valence-electron chi connectivity index (χ2n) is 3.97. The van der Waals surface area contributed by atoms with Crippen LogP contribution < -0.4 is 4.74 Å². The molecule has 0 bridgehead atoms. The van der Waals surface area contributed by atoms with E-state index in [1.807, 2.05) is 0 Å². The molecule has 0 atom stereocenters. The van der Waals surface area contributed by atoms with E-state index in [-0.39, 0.29) is 11.3 Å². The molecule has 1 aromatic carbocycles. The maximum Gasteiger partial charge on any atom is 0.200 e. The molecule has 2 aromatic rings. The lowest BCUT2D eigenvalue weighted by Gasteiger charge is -2.13. The van der Waals surface area contributed by atoms with Crippen molar-refractivity contribution in [2.75, 3.05) is 7.11 Å². The molecule has 0 aliphatic rings. The maximum absolute atomic E-state index is 13.8. The van der Waals surface area contributed by atoms with Crippen LogP contribution in [-0.2, 0) is 6.61 Å². The Balaban J connectivity index is 2.86. The van der Waals surface area contributed by atoms with Crippen molar-refractivity contribution in [1.29, 1.82) is 0 Å². The minimum absolute atomic E-state index is 0.0426. The minimum Gasteiger partial charge on any atom is -0.495 e. The number of pyridine rings is 1. The summed E-state index contributed by atoms with van der Waals surface area (Å²) in [5.74, 6) is -10.5. The van der Waals surface area contributed by atoms with Crippen LogP contribution in [0.1, 0.15) is 5.56 Å². The molecule has 0 fully saturated rings. The van der Waals surface area contributed by atoms with Crippen LogP contribution in [0.25, 0.3) is 11.1 Å². The zero-order chi connectivity index (χ0) is 15.7. The lowest BCUT2D eigenvalue weighted by molar-refractivity contribution is 0.274. The summed E-state index contributed by atoms with van der Waals surface area (Å²) >= 11 is 0. The van der Waals surface area contributed by atoms with E-state index in [9.17, 15) is 27.1 Å². The second-order valence-corrected chi connectivity index (χ2v) is 3.97. The molecule has 0 amide bonds. The predicted octanol–water partition coefficient (Wildman–Crippen LogP) is 2.95. The van der Waals surface area contributed by atoms with Gasteiger partial charge >= 0.3 is 0 Å². The number of methoxy groups -OCH3 is 1. The number of aromatic nitrogens is 1. The fourth-order valence-electron chi connectivity index (χ4n) is 1.86. The van der Waals surface area contributed by atoms with Crippen LogP contribution >= 0.6 is 0 Å². The van der Waals surface area contributed by atoms with Crippen LogP contribution in [-0.4, -0.2) is 17.2 Å². The van der Waals surface area contributed by atoms with Gasteiger partial charge in [0.1, 0.15) is 5.75 Å². The molecular formula is C13H8F5NO2. The van der Waals surface area contributed by atoms with Crippen LogP contribution in [0.5, 0.6) is 5.75 Å². The number of hydrogen-bond acceptors (Lipinski definition) is 3. The van der Waals surface area contributed by atoms with Crippen molar-refractivity contribution in [3.05, 3.63) is 47.0 Å². The van der Waals surface area contributed by atoms with Crippen molar-refractivity contribution in [3.8, 4) is 16.9 Å². The van der Waals surface area contributed by atoms with Crippen LogP contribution in [0.2, 0.25) is 0 Å². The summed E-state index contributed by atoms with van der Waals surface area (Å²) in [5.41, 5.74) is -1.75. The first-order valence-corrected chi connectivity index (χ1v) is 5.57. The molecule has 0 aliphatic heterocycles. The van der Waals surface area contributed by atoms with E-state index < -0.39 is 46.8 Å². The number of hydrogen-bond donors (Lipinski definition) is 1. The number of aliphatic hydroxyl groups excluding tert-OH is 1. The highest BCUT2D eigenvalue weighted by atomic mass is 19.2. The van der Waals surface area contributed by atoms with Crippen LogP contribution in [0, 0.1) is 29.1 Å². The normalized spacial score (nSPS) is 10.8. The average molecular weight is 305 g/mol. The Labute approximate surface area is 115 Å². The van der Waals surface area contributed by atoms with E-state index in [4.69, 9.17) is 4.74 Å². The van der Waals surface area contributed by atoms with Crippen molar-refractivity contribution in [2.24, 2.45) is 0 Å². The second kappa shape index (κ2) is 5.65. The molecule has 0 aliphatic carbocycles. The Morgan fingerprint density at radius 2 is 1.48 bits per heavy atom. The first-order valence-electron chi connectivity index (χ1n) is 5.57. The van der Waals surface area contributed by atoms with E-state index in [0.29, 0.717) is 0 Å². The summed E-state index contributed by atoms with van der Waals surface area (Å²) in [6.45, 7) is -0.736. The van der Waals surface area contributed by atoms with E-state index in [1.165, 1.54) is 7.11 Å². The van der Waals surface area contributed by atoms with Gasteiger partial charge in [-0.15, -0.1) is 0 Å². The van der Waals surface area contributed by atoms with Gasteiger partial charge in [-0.3, -0.25) is 4.98 Å². The standard InChI is InChI=1S/C13H8F5NO2/c1-21-7-3-19-2-5(6(7)4-20)8-9(14)11(16)13(18)12(17)10(8)15/h2-3,20H,4H2,1H3. The number of ether oxygens (including phenoxy) is 1. The average Bonchev–Trinajstić information content (AvgIpc) is 2.50. The summed E-state index contributed by atoms with van der Waals surface area (Å²) in [6, 6.07) is 0. The van der Waals surface area contributed by atoms with Crippen molar-refractivity contribution in [2.45, 2.75) is 6.61 Å². The molecule has 112 valence electrons. The van der Waals surface area contributed by atoms with Gasteiger partial charge in [0.2, 0.25) is 5.82 Å². The SMILES string of the molecule is COc1cncc(-c2c(F)c(F)c(F)c(F)c2F)c1CO. The molecule has 0 radical (unpaired) electrons. The van der Waals surface area contributed by atoms with Crippen molar-refractivity contribution in [3.63, 3.8) is 0 Å². The van der Waals surface area contributed by atoms with Gasteiger partial charge in [-0.2, -0.15) is 0 Å². The molecule has 1 heterocycles. The highest BCUT2D eigenvalue weighted by molar-refractivity contribution is 5.70. The van der Waals surface area contributed by atoms with Crippen LogP contribution in [0.15, 0.2) is 12.4 Å². The minimum atomic E-state index is -2.25. The van der Waals surface area contributed by atoms with Crippen LogP contribution in [0.4, 0.5) is 22.0 Å². The van der Waals surface area contributed by atoms with E-state index in [2.05, 4.69) is 4.98 Å². The Bertz CT molecular complexity index is 676. The number of nitrogens with zero attached hydrogens (tertiary/aromatic N) is 1. The van der Waals surface area contributed by atoms with Crippen molar-refractivity contribution < 1.29 is 31.8 Å². The third-order valence-electron chi connectivity index (χ3n) is 2.88. The Morgan fingerprint density at radius 1 is 0.952 bits per heavy atom. The van der Waals surface area contributed by atoms with Gasteiger partial charge in [-0.1, -0.05) is 0 Å². The fourth-order valence-corrected chi connectivity index (χ4v) is 1.86. The fraction of sp³-hybridized carbons (Fsp3) is 0.154. The lowest BCUT2D eigenvalue weighted by Crippen LogP contribution is -2.06. The highest BCUT2D eigenvalue weighted by Gasteiger charge is 2.28. The molecular weight excluding hydrogens is 297 g/mol. The smallest absolute Gasteiger partial charge is 0.200 e. The quantitative estimate of drug-likeness (QED) is 0.538. The number of aliphatic hydroxyl groups is 1. The molecule has 2 rings (SSSR count). The predicted molar refractivity (Wildman–Crippen MR) is 61.9 cm³/mol. The van der Waals surface area contributed by atoms with Crippen molar-refractivity contribution >= 4 is 0 Å². The van der Waals surface area contributed by atoms with E-state index in [0.717, 1.165) is 12.4 Å². The molecule has 0 unspecified atom stereocenters. The number of halogens is 5. The van der Waals surface area contributed by atoms with Gasteiger partial charge in [0, 0.05) is 17.3 Å². The molecule has 8 heteroatoms. The monoisotopic (exact) mass is 305 g/mol. The molecule has 1 N–H and O–H groups in total. The van der Waals surface area contributed by atoms with Gasteiger partial charge < -0.3 is 9.84 Å². The van der Waals surface area contributed by atoms with Crippen molar-refractivity contribution in [1.82, 2.24) is 4.98 Å². The summed E-state index contributed by atoms with van der Waals surface area (Å²) in [7, 11) is 1.21. The number of rotatable bonds is 3. The molecule has 0 saturated heterocycles. The van der Waals surface area contributed by atoms with Gasteiger partial charge in [0.15, 0.2) is 23.3 Å². The van der Waals surface area contributed by atoms with Gasteiger partial charge in [0.25, 0.3) is 0 Å². The van der Waals surface area contributed by atoms with Gasteiger partial charge in [0.05, 0.1) is 25.5 Å².